The summed E-state index contributed by atoms with van der Waals surface area (Å²) in [6, 6.07) is 17.3. The minimum atomic E-state index is 0.469. The lowest BCUT2D eigenvalue weighted by Crippen LogP contribution is -2.28. The molecule has 0 bridgehead atoms. The van der Waals surface area contributed by atoms with Crippen molar-refractivity contribution in [1.82, 2.24) is 5.32 Å². The van der Waals surface area contributed by atoms with Gasteiger partial charge in [0.1, 0.15) is 5.75 Å². The molecule has 2 nitrogen and oxygen atoms in total. The Morgan fingerprint density at radius 2 is 2.00 bits per heavy atom. The fourth-order valence-corrected chi connectivity index (χ4v) is 3.43. The van der Waals surface area contributed by atoms with Gasteiger partial charge in [-0.25, -0.2) is 0 Å². The molecule has 3 heteroatoms. The summed E-state index contributed by atoms with van der Waals surface area (Å²) in [5, 5.41) is 4.32. The van der Waals surface area contributed by atoms with Crippen molar-refractivity contribution in [1.29, 1.82) is 0 Å². The van der Waals surface area contributed by atoms with E-state index in [9.17, 15) is 0 Å². The third-order valence-electron chi connectivity index (χ3n) is 4.25. The van der Waals surface area contributed by atoms with Crippen molar-refractivity contribution in [2.45, 2.75) is 24.8 Å². The zero-order chi connectivity index (χ0) is 14.7. The fourth-order valence-electron chi connectivity index (χ4n) is 3.16. The number of rotatable bonds is 4. The zero-order valence-electron chi connectivity index (χ0n) is 12.2. The minimum absolute atomic E-state index is 0.469. The van der Waals surface area contributed by atoms with E-state index < -0.39 is 0 Å². The Hall–Kier alpha value is -1.51. The Bertz CT molecular complexity index is 599. The molecule has 0 spiro atoms. The highest BCUT2D eigenvalue weighted by Crippen LogP contribution is 2.34. The average molecular weight is 302 g/mol. The van der Waals surface area contributed by atoms with Gasteiger partial charge in [0.25, 0.3) is 0 Å². The van der Waals surface area contributed by atoms with Crippen LogP contribution in [0.25, 0.3) is 0 Å². The number of nitrogens with one attached hydrogen (secondary N) is 1. The first-order valence-electron chi connectivity index (χ1n) is 7.38. The molecule has 0 radical (unpaired) electrons. The van der Waals surface area contributed by atoms with Crippen LogP contribution < -0.4 is 10.1 Å². The quantitative estimate of drug-likeness (QED) is 0.920. The van der Waals surface area contributed by atoms with Crippen LogP contribution in [-0.4, -0.2) is 19.7 Å². The molecule has 0 aromatic heterocycles. The molecular formula is C18H20ClNO. The lowest BCUT2D eigenvalue weighted by molar-refractivity contribution is 0.414. The van der Waals surface area contributed by atoms with Crippen LogP contribution in [0.2, 0.25) is 5.02 Å². The molecule has 1 saturated heterocycles. The molecule has 21 heavy (non-hydrogen) atoms. The number of ether oxygens (including phenoxy) is 1. The number of halogens is 1. The van der Waals surface area contributed by atoms with E-state index in [1.165, 1.54) is 11.1 Å². The van der Waals surface area contributed by atoms with Gasteiger partial charge in [-0.15, -0.1) is 0 Å². The Balaban J connectivity index is 1.79. The first kappa shape index (κ1) is 14.4. The Labute approximate surface area is 131 Å². The van der Waals surface area contributed by atoms with Crippen LogP contribution in [0, 0.1) is 0 Å². The van der Waals surface area contributed by atoms with Crippen molar-refractivity contribution < 1.29 is 4.74 Å². The highest BCUT2D eigenvalue weighted by atomic mass is 35.5. The van der Waals surface area contributed by atoms with E-state index in [0.29, 0.717) is 17.0 Å². The van der Waals surface area contributed by atoms with Gasteiger partial charge >= 0.3 is 0 Å². The molecule has 110 valence electrons. The van der Waals surface area contributed by atoms with Crippen LogP contribution in [0.1, 0.15) is 23.5 Å². The number of methoxy groups -OCH3 is 1. The van der Waals surface area contributed by atoms with Crippen molar-refractivity contribution in [3.05, 3.63) is 64.7 Å². The van der Waals surface area contributed by atoms with Crippen molar-refractivity contribution >= 4 is 11.6 Å². The van der Waals surface area contributed by atoms with Crippen LogP contribution in [-0.2, 0) is 6.42 Å². The summed E-state index contributed by atoms with van der Waals surface area (Å²) in [5.74, 6) is 1.25. The maximum Gasteiger partial charge on any atom is 0.137 e. The second kappa shape index (κ2) is 6.50. The van der Waals surface area contributed by atoms with Gasteiger partial charge in [-0.2, -0.15) is 0 Å². The van der Waals surface area contributed by atoms with Gasteiger partial charge in [-0.05, 0) is 42.6 Å². The molecule has 0 saturated carbocycles. The summed E-state index contributed by atoms with van der Waals surface area (Å²) in [5.41, 5.74) is 2.67. The van der Waals surface area contributed by atoms with E-state index in [-0.39, 0.29) is 0 Å². The van der Waals surface area contributed by atoms with Crippen LogP contribution in [0.5, 0.6) is 5.75 Å². The lowest BCUT2D eigenvalue weighted by Gasteiger charge is -2.21. The van der Waals surface area contributed by atoms with Crippen LogP contribution in [0.3, 0.4) is 0 Å². The molecule has 0 aliphatic carbocycles. The van der Waals surface area contributed by atoms with Gasteiger partial charge in [-0.1, -0.05) is 48.0 Å². The zero-order valence-corrected chi connectivity index (χ0v) is 12.9. The smallest absolute Gasteiger partial charge is 0.137 e. The molecule has 1 aliphatic rings. The number of hydrogen-bond acceptors (Lipinski definition) is 2. The first-order valence-corrected chi connectivity index (χ1v) is 7.76. The van der Waals surface area contributed by atoms with E-state index in [0.717, 1.165) is 25.1 Å². The van der Waals surface area contributed by atoms with Gasteiger partial charge in [0.05, 0.1) is 12.1 Å². The lowest BCUT2D eigenvalue weighted by atomic mass is 9.88. The summed E-state index contributed by atoms with van der Waals surface area (Å²) in [7, 11) is 1.65. The molecule has 1 N–H and O–H groups in total. The molecule has 1 fully saturated rings. The van der Waals surface area contributed by atoms with E-state index >= 15 is 0 Å². The van der Waals surface area contributed by atoms with Gasteiger partial charge in [0.2, 0.25) is 0 Å². The number of hydrogen-bond donors (Lipinski definition) is 1. The van der Waals surface area contributed by atoms with Crippen LogP contribution >= 0.6 is 11.6 Å². The summed E-state index contributed by atoms with van der Waals surface area (Å²) in [6.07, 6.45) is 2.20. The van der Waals surface area contributed by atoms with Gasteiger partial charge in [-0.3, -0.25) is 0 Å². The fraction of sp³-hybridized carbons (Fsp3) is 0.333. The molecular weight excluding hydrogens is 282 g/mol. The van der Waals surface area contributed by atoms with Crippen LogP contribution in [0.4, 0.5) is 0 Å². The SMILES string of the molecule is COc1ccc(C2CCNC2Cc2ccccc2)cc1Cl. The molecule has 3 rings (SSSR count). The molecule has 2 unspecified atom stereocenters. The van der Waals surface area contributed by atoms with Crippen molar-refractivity contribution in [2.75, 3.05) is 13.7 Å². The summed E-state index contributed by atoms with van der Waals surface area (Å²) in [4.78, 5) is 0. The van der Waals surface area contributed by atoms with Gasteiger partial charge < -0.3 is 10.1 Å². The van der Waals surface area contributed by atoms with Crippen molar-refractivity contribution in [3.63, 3.8) is 0 Å². The molecule has 2 aromatic carbocycles. The molecule has 2 aromatic rings. The molecule has 2 atom stereocenters. The predicted octanol–water partition coefficient (Wildman–Crippen LogP) is 4.04. The monoisotopic (exact) mass is 301 g/mol. The predicted molar refractivity (Wildman–Crippen MR) is 87.3 cm³/mol. The molecule has 0 amide bonds. The first-order chi connectivity index (χ1) is 10.3. The molecule has 1 heterocycles. The number of benzene rings is 2. The topological polar surface area (TPSA) is 21.3 Å². The average Bonchev–Trinajstić information content (AvgIpc) is 2.96. The second-order valence-corrected chi connectivity index (χ2v) is 5.95. The van der Waals surface area contributed by atoms with E-state index in [4.69, 9.17) is 16.3 Å². The Kier molecular flexibility index (Phi) is 4.47. The van der Waals surface area contributed by atoms with E-state index in [1.807, 2.05) is 6.07 Å². The second-order valence-electron chi connectivity index (χ2n) is 5.54. The maximum absolute atomic E-state index is 6.27. The highest BCUT2D eigenvalue weighted by molar-refractivity contribution is 6.32. The van der Waals surface area contributed by atoms with Gasteiger partial charge in [0.15, 0.2) is 0 Å². The largest absolute Gasteiger partial charge is 0.495 e. The summed E-state index contributed by atoms with van der Waals surface area (Å²) in [6.45, 7) is 1.06. The van der Waals surface area contributed by atoms with E-state index in [2.05, 4.69) is 47.8 Å². The van der Waals surface area contributed by atoms with Crippen LogP contribution in [0.15, 0.2) is 48.5 Å². The normalized spacial score (nSPS) is 21.4. The third-order valence-corrected chi connectivity index (χ3v) is 4.55. The maximum atomic E-state index is 6.27. The van der Waals surface area contributed by atoms with Crippen molar-refractivity contribution in [2.24, 2.45) is 0 Å². The Morgan fingerprint density at radius 3 is 2.71 bits per heavy atom. The van der Waals surface area contributed by atoms with E-state index in [1.54, 1.807) is 7.11 Å². The minimum Gasteiger partial charge on any atom is -0.495 e. The van der Waals surface area contributed by atoms with Crippen molar-refractivity contribution in [3.8, 4) is 5.75 Å². The standard InChI is InChI=1S/C18H20ClNO/c1-21-18-8-7-14(12-16(18)19)15-9-10-20-17(15)11-13-5-3-2-4-6-13/h2-8,12,15,17,20H,9-11H2,1H3. The molecule has 1 aliphatic heterocycles. The summed E-state index contributed by atoms with van der Waals surface area (Å²) >= 11 is 6.27. The third kappa shape index (κ3) is 3.22. The highest BCUT2D eigenvalue weighted by Gasteiger charge is 2.28. The Morgan fingerprint density at radius 1 is 1.19 bits per heavy atom. The summed E-state index contributed by atoms with van der Waals surface area (Å²) < 4.78 is 5.24. The van der Waals surface area contributed by atoms with Gasteiger partial charge in [0, 0.05) is 12.0 Å².